The highest BCUT2D eigenvalue weighted by atomic mass is 79.9. The van der Waals surface area contributed by atoms with Crippen LogP contribution in [0.4, 0.5) is 0 Å². The van der Waals surface area contributed by atoms with Gasteiger partial charge in [-0.25, -0.2) is 0 Å². The molecule has 0 saturated carbocycles. The third-order valence-electron chi connectivity index (χ3n) is 2.05. The molecule has 1 heterocycles. The van der Waals surface area contributed by atoms with Crippen molar-refractivity contribution in [2.24, 2.45) is 0 Å². The number of aliphatic hydroxyl groups excluding tert-OH is 1. The van der Waals surface area contributed by atoms with Gasteiger partial charge in [-0.3, -0.25) is 9.97 Å². The fourth-order valence-corrected chi connectivity index (χ4v) is 1.53. The second kappa shape index (κ2) is 4.51. The van der Waals surface area contributed by atoms with Gasteiger partial charge in [0.2, 0.25) is 0 Å². The standard InChI is InChI=1S/C11H9BrN2O/c12-9-3-1-8(2-4-9)11(15)10-7-13-5-6-14-10/h1-7,11,15H. The minimum Gasteiger partial charge on any atom is -0.382 e. The third-order valence-corrected chi connectivity index (χ3v) is 2.58. The van der Waals surface area contributed by atoms with Gasteiger partial charge < -0.3 is 5.11 Å². The monoisotopic (exact) mass is 264 g/mol. The predicted octanol–water partition coefficient (Wildman–Crippen LogP) is 2.32. The van der Waals surface area contributed by atoms with Crippen LogP contribution in [0, 0.1) is 0 Å². The summed E-state index contributed by atoms with van der Waals surface area (Å²) >= 11 is 3.34. The van der Waals surface area contributed by atoms with Gasteiger partial charge in [-0.2, -0.15) is 0 Å². The zero-order valence-corrected chi connectivity index (χ0v) is 9.42. The molecular weight excluding hydrogens is 256 g/mol. The van der Waals surface area contributed by atoms with Crippen molar-refractivity contribution in [1.82, 2.24) is 9.97 Å². The van der Waals surface area contributed by atoms with Crippen LogP contribution < -0.4 is 0 Å². The lowest BCUT2D eigenvalue weighted by Crippen LogP contribution is -2.02. The van der Waals surface area contributed by atoms with Crippen LogP contribution >= 0.6 is 15.9 Å². The van der Waals surface area contributed by atoms with Gasteiger partial charge in [0.15, 0.2) is 0 Å². The smallest absolute Gasteiger partial charge is 0.123 e. The molecule has 0 bridgehead atoms. The fraction of sp³-hybridized carbons (Fsp3) is 0.0909. The van der Waals surface area contributed by atoms with E-state index in [-0.39, 0.29) is 0 Å². The Kier molecular flexibility index (Phi) is 3.08. The van der Waals surface area contributed by atoms with Gasteiger partial charge in [0.25, 0.3) is 0 Å². The fourth-order valence-electron chi connectivity index (χ4n) is 1.27. The van der Waals surface area contributed by atoms with Gasteiger partial charge in [-0.1, -0.05) is 28.1 Å². The first-order valence-corrected chi connectivity index (χ1v) is 5.26. The minimum atomic E-state index is -0.716. The lowest BCUT2D eigenvalue weighted by Gasteiger charge is -2.09. The number of nitrogens with zero attached hydrogens (tertiary/aromatic N) is 2. The van der Waals surface area contributed by atoms with Crippen LogP contribution in [0.1, 0.15) is 17.4 Å². The Morgan fingerprint density at radius 2 is 1.87 bits per heavy atom. The van der Waals surface area contributed by atoms with Gasteiger partial charge in [-0.05, 0) is 17.7 Å². The Balaban J connectivity index is 2.29. The molecule has 76 valence electrons. The molecule has 1 unspecified atom stereocenters. The summed E-state index contributed by atoms with van der Waals surface area (Å²) in [5.74, 6) is 0. The molecule has 1 atom stereocenters. The van der Waals surface area contributed by atoms with Crippen LogP contribution in [0.25, 0.3) is 0 Å². The minimum absolute atomic E-state index is 0.555. The molecule has 0 radical (unpaired) electrons. The van der Waals surface area contributed by atoms with Crippen LogP contribution in [0.15, 0.2) is 47.3 Å². The number of benzene rings is 1. The molecule has 0 amide bonds. The molecule has 0 aliphatic heterocycles. The van der Waals surface area contributed by atoms with Crippen LogP contribution in [0.3, 0.4) is 0 Å². The Hall–Kier alpha value is -1.26. The van der Waals surface area contributed by atoms with E-state index in [1.807, 2.05) is 24.3 Å². The molecule has 0 aliphatic rings. The zero-order valence-electron chi connectivity index (χ0n) is 7.84. The second-order valence-electron chi connectivity index (χ2n) is 3.08. The van der Waals surface area contributed by atoms with Crippen molar-refractivity contribution >= 4 is 15.9 Å². The molecule has 0 aliphatic carbocycles. The van der Waals surface area contributed by atoms with Crippen molar-refractivity contribution in [2.75, 3.05) is 0 Å². The number of aromatic nitrogens is 2. The Morgan fingerprint density at radius 3 is 2.47 bits per heavy atom. The van der Waals surface area contributed by atoms with Crippen LogP contribution in [-0.4, -0.2) is 15.1 Å². The van der Waals surface area contributed by atoms with E-state index in [4.69, 9.17) is 0 Å². The molecule has 4 heteroatoms. The van der Waals surface area contributed by atoms with E-state index < -0.39 is 6.10 Å². The zero-order chi connectivity index (χ0) is 10.7. The largest absolute Gasteiger partial charge is 0.382 e. The summed E-state index contributed by atoms with van der Waals surface area (Å²) < 4.78 is 0.984. The first-order valence-electron chi connectivity index (χ1n) is 4.47. The van der Waals surface area contributed by atoms with E-state index in [0.717, 1.165) is 10.0 Å². The maximum absolute atomic E-state index is 9.96. The summed E-state index contributed by atoms with van der Waals surface area (Å²) in [6, 6.07) is 7.47. The average molecular weight is 265 g/mol. The summed E-state index contributed by atoms with van der Waals surface area (Å²) in [5.41, 5.74) is 1.36. The number of halogens is 1. The van der Waals surface area contributed by atoms with Crippen molar-refractivity contribution in [3.8, 4) is 0 Å². The highest BCUT2D eigenvalue weighted by Crippen LogP contribution is 2.21. The van der Waals surface area contributed by atoms with Crippen molar-refractivity contribution in [2.45, 2.75) is 6.10 Å². The summed E-state index contributed by atoms with van der Waals surface area (Å²) in [5, 5.41) is 9.96. The van der Waals surface area contributed by atoms with Crippen molar-refractivity contribution < 1.29 is 5.11 Å². The lowest BCUT2D eigenvalue weighted by molar-refractivity contribution is 0.215. The summed E-state index contributed by atoms with van der Waals surface area (Å²) in [6.07, 6.45) is 3.99. The van der Waals surface area contributed by atoms with Gasteiger partial charge in [0, 0.05) is 16.9 Å². The Bertz CT molecular complexity index is 430. The van der Waals surface area contributed by atoms with Crippen LogP contribution in [-0.2, 0) is 0 Å². The van der Waals surface area contributed by atoms with Gasteiger partial charge in [-0.15, -0.1) is 0 Å². The van der Waals surface area contributed by atoms with E-state index in [9.17, 15) is 5.11 Å². The quantitative estimate of drug-likeness (QED) is 0.906. The summed E-state index contributed by atoms with van der Waals surface area (Å²) in [4.78, 5) is 7.97. The molecule has 1 aromatic carbocycles. The lowest BCUT2D eigenvalue weighted by atomic mass is 10.1. The maximum Gasteiger partial charge on any atom is 0.123 e. The first-order chi connectivity index (χ1) is 7.27. The van der Waals surface area contributed by atoms with Gasteiger partial charge >= 0.3 is 0 Å². The molecule has 2 rings (SSSR count). The maximum atomic E-state index is 9.96. The molecule has 0 spiro atoms. The van der Waals surface area contributed by atoms with Gasteiger partial charge in [0.05, 0.1) is 11.9 Å². The Labute approximate surface area is 96.0 Å². The molecule has 0 saturated heterocycles. The summed E-state index contributed by atoms with van der Waals surface area (Å²) in [6.45, 7) is 0. The highest BCUT2D eigenvalue weighted by molar-refractivity contribution is 9.10. The van der Waals surface area contributed by atoms with E-state index in [0.29, 0.717) is 5.69 Å². The number of aliphatic hydroxyl groups is 1. The molecule has 15 heavy (non-hydrogen) atoms. The normalized spacial score (nSPS) is 12.4. The van der Waals surface area contributed by atoms with E-state index in [2.05, 4.69) is 25.9 Å². The van der Waals surface area contributed by atoms with Crippen molar-refractivity contribution in [3.05, 3.63) is 58.6 Å². The third kappa shape index (κ3) is 2.40. The number of rotatable bonds is 2. The second-order valence-corrected chi connectivity index (χ2v) is 4.00. The molecule has 3 nitrogen and oxygen atoms in total. The molecule has 0 fully saturated rings. The molecule has 1 aromatic heterocycles. The van der Waals surface area contributed by atoms with Crippen LogP contribution in [0.5, 0.6) is 0 Å². The molecule has 1 N–H and O–H groups in total. The average Bonchev–Trinajstić information content (AvgIpc) is 2.30. The SMILES string of the molecule is OC(c1ccc(Br)cc1)c1cnccn1. The van der Waals surface area contributed by atoms with Gasteiger partial charge in [0.1, 0.15) is 6.10 Å². The molecule has 2 aromatic rings. The summed E-state index contributed by atoms with van der Waals surface area (Å²) in [7, 11) is 0. The predicted molar refractivity (Wildman–Crippen MR) is 60.2 cm³/mol. The van der Waals surface area contributed by atoms with E-state index in [1.165, 1.54) is 0 Å². The van der Waals surface area contributed by atoms with E-state index in [1.54, 1.807) is 18.6 Å². The van der Waals surface area contributed by atoms with E-state index >= 15 is 0 Å². The van der Waals surface area contributed by atoms with Crippen LogP contribution in [0.2, 0.25) is 0 Å². The highest BCUT2D eigenvalue weighted by Gasteiger charge is 2.10. The van der Waals surface area contributed by atoms with Crippen molar-refractivity contribution in [3.63, 3.8) is 0 Å². The topological polar surface area (TPSA) is 46.0 Å². The number of hydrogen-bond acceptors (Lipinski definition) is 3. The van der Waals surface area contributed by atoms with Crippen molar-refractivity contribution in [1.29, 1.82) is 0 Å². The first kappa shape index (κ1) is 10.3. The number of hydrogen-bond donors (Lipinski definition) is 1. The molecular formula is C11H9BrN2O. The Morgan fingerprint density at radius 1 is 1.13 bits per heavy atom.